The predicted molar refractivity (Wildman–Crippen MR) is 98.1 cm³/mol. The lowest BCUT2D eigenvalue weighted by molar-refractivity contribution is 0.0946. The fraction of sp³-hybridized carbons (Fsp3) is 0.650. The van der Waals surface area contributed by atoms with Gasteiger partial charge in [0.05, 0.1) is 0 Å². The lowest BCUT2D eigenvalue weighted by Gasteiger charge is -2.35. The van der Waals surface area contributed by atoms with Gasteiger partial charge in [-0.15, -0.1) is 0 Å². The second-order valence-electron chi connectivity index (χ2n) is 7.17. The standard InChI is InChI=1S/C20H31N3O/c1-2-6-19-7-3-4-11-23(19)12-5-10-22-20(24)16-8-9-17-14-21-15-18(17)13-16/h8-9,13,19,21H,2-7,10-12,14-15H2,1H3,(H,22,24). The van der Waals surface area contributed by atoms with Gasteiger partial charge in [-0.05, 0) is 55.5 Å². The summed E-state index contributed by atoms with van der Waals surface area (Å²) >= 11 is 0. The molecule has 2 aliphatic heterocycles. The first-order chi connectivity index (χ1) is 11.8. The molecule has 1 aromatic rings. The number of hydrogen-bond acceptors (Lipinski definition) is 3. The van der Waals surface area contributed by atoms with Gasteiger partial charge in [-0.25, -0.2) is 0 Å². The minimum Gasteiger partial charge on any atom is -0.352 e. The second-order valence-corrected chi connectivity index (χ2v) is 7.17. The maximum absolute atomic E-state index is 12.3. The minimum absolute atomic E-state index is 0.0634. The van der Waals surface area contributed by atoms with Crippen LogP contribution >= 0.6 is 0 Å². The van der Waals surface area contributed by atoms with Crippen molar-refractivity contribution in [2.75, 3.05) is 19.6 Å². The maximum Gasteiger partial charge on any atom is 0.251 e. The van der Waals surface area contributed by atoms with E-state index >= 15 is 0 Å². The van der Waals surface area contributed by atoms with E-state index in [2.05, 4.69) is 28.5 Å². The highest BCUT2D eigenvalue weighted by Gasteiger charge is 2.20. The van der Waals surface area contributed by atoms with E-state index in [0.717, 1.165) is 44.2 Å². The number of carbonyl (C=O) groups is 1. The summed E-state index contributed by atoms with van der Waals surface area (Å²) in [6.07, 6.45) is 7.68. The summed E-state index contributed by atoms with van der Waals surface area (Å²) in [6, 6.07) is 6.83. The molecule has 3 rings (SSSR count). The van der Waals surface area contributed by atoms with E-state index in [1.54, 1.807) is 0 Å². The molecule has 1 fully saturated rings. The Balaban J connectivity index is 1.42. The first-order valence-corrected chi connectivity index (χ1v) is 9.62. The van der Waals surface area contributed by atoms with Gasteiger partial charge in [0, 0.05) is 37.8 Å². The van der Waals surface area contributed by atoms with Crippen molar-refractivity contribution in [2.24, 2.45) is 0 Å². The van der Waals surface area contributed by atoms with E-state index in [1.165, 1.54) is 49.8 Å². The average molecular weight is 329 g/mol. The largest absolute Gasteiger partial charge is 0.352 e. The number of amides is 1. The summed E-state index contributed by atoms with van der Waals surface area (Å²) in [7, 11) is 0. The number of carbonyl (C=O) groups excluding carboxylic acids is 1. The Morgan fingerprint density at radius 2 is 2.17 bits per heavy atom. The predicted octanol–water partition coefficient (Wildman–Crippen LogP) is 3.06. The quantitative estimate of drug-likeness (QED) is 0.756. The Hall–Kier alpha value is -1.39. The number of hydrogen-bond donors (Lipinski definition) is 2. The highest BCUT2D eigenvalue weighted by atomic mass is 16.1. The highest BCUT2D eigenvalue weighted by molar-refractivity contribution is 5.94. The zero-order chi connectivity index (χ0) is 16.8. The van der Waals surface area contributed by atoms with Crippen LogP contribution in [0.5, 0.6) is 0 Å². The minimum atomic E-state index is 0.0634. The molecule has 0 bridgehead atoms. The van der Waals surface area contributed by atoms with Crippen molar-refractivity contribution >= 4 is 5.91 Å². The number of rotatable bonds is 7. The molecule has 0 radical (unpaired) electrons. The first-order valence-electron chi connectivity index (χ1n) is 9.62. The zero-order valence-corrected chi connectivity index (χ0v) is 14.9. The van der Waals surface area contributed by atoms with E-state index in [9.17, 15) is 4.79 Å². The van der Waals surface area contributed by atoms with Gasteiger partial charge in [0.25, 0.3) is 5.91 Å². The number of likely N-dealkylation sites (tertiary alicyclic amines) is 1. The van der Waals surface area contributed by atoms with Crippen molar-refractivity contribution in [1.29, 1.82) is 0 Å². The Kier molecular flexibility index (Phi) is 6.27. The van der Waals surface area contributed by atoms with Gasteiger partial charge in [-0.2, -0.15) is 0 Å². The number of fused-ring (bicyclic) bond motifs is 1. The summed E-state index contributed by atoms with van der Waals surface area (Å²) < 4.78 is 0. The molecule has 2 heterocycles. The van der Waals surface area contributed by atoms with Crippen LogP contribution in [0.25, 0.3) is 0 Å². The van der Waals surface area contributed by atoms with Gasteiger partial charge in [-0.1, -0.05) is 25.8 Å². The normalized spacial score (nSPS) is 20.8. The van der Waals surface area contributed by atoms with Crippen molar-refractivity contribution in [3.63, 3.8) is 0 Å². The molecular formula is C20H31N3O. The summed E-state index contributed by atoms with van der Waals surface area (Å²) in [6.45, 7) is 7.19. The molecule has 132 valence electrons. The molecule has 24 heavy (non-hydrogen) atoms. The molecule has 0 spiro atoms. The third-order valence-corrected chi connectivity index (χ3v) is 5.38. The number of piperidine rings is 1. The fourth-order valence-corrected chi connectivity index (χ4v) is 4.04. The zero-order valence-electron chi connectivity index (χ0n) is 14.9. The lowest BCUT2D eigenvalue weighted by Crippen LogP contribution is -2.41. The highest BCUT2D eigenvalue weighted by Crippen LogP contribution is 2.21. The van der Waals surface area contributed by atoms with Crippen molar-refractivity contribution in [3.05, 3.63) is 34.9 Å². The molecule has 0 aromatic heterocycles. The number of nitrogens with one attached hydrogen (secondary N) is 2. The number of benzene rings is 1. The Morgan fingerprint density at radius 1 is 1.29 bits per heavy atom. The van der Waals surface area contributed by atoms with E-state index in [0.29, 0.717) is 0 Å². The summed E-state index contributed by atoms with van der Waals surface area (Å²) in [5.41, 5.74) is 3.37. The van der Waals surface area contributed by atoms with Crippen LogP contribution in [0.1, 0.15) is 66.9 Å². The first kappa shape index (κ1) is 17.4. The summed E-state index contributed by atoms with van der Waals surface area (Å²) in [4.78, 5) is 15.0. The third kappa shape index (κ3) is 4.37. The Labute approximate surface area is 146 Å². The van der Waals surface area contributed by atoms with Crippen LogP contribution in [0.2, 0.25) is 0 Å². The molecule has 0 saturated carbocycles. The van der Waals surface area contributed by atoms with Crippen molar-refractivity contribution < 1.29 is 4.79 Å². The van der Waals surface area contributed by atoms with Crippen LogP contribution < -0.4 is 10.6 Å². The van der Waals surface area contributed by atoms with Gasteiger partial charge < -0.3 is 15.5 Å². The van der Waals surface area contributed by atoms with E-state index < -0.39 is 0 Å². The van der Waals surface area contributed by atoms with Crippen LogP contribution in [0.15, 0.2) is 18.2 Å². The van der Waals surface area contributed by atoms with Crippen LogP contribution in [0.4, 0.5) is 0 Å². The molecule has 1 unspecified atom stereocenters. The molecule has 0 aliphatic carbocycles. The molecule has 4 heteroatoms. The van der Waals surface area contributed by atoms with Crippen LogP contribution in [-0.4, -0.2) is 36.5 Å². The monoisotopic (exact) mass is 329 g/mol. The second kappa shape index (κ2) is 8.63. The van der Waals surface area contributed by atoms with Crippen molar-refractivity contribution in [3.8, 4) is 0 Å². The lowest BCUT2D eigenvalue weighted by atomic mass is 9.98. The van der Waals surface area contributed by atoms with E-state index in [-0.39, 0.29) is 5.91 Å². The average Bonchev–Trinajstić information content (AvgIpc) is 3.07. The van der Waals surface area contributed by atoms with Gasteiger partial charge in [0.15, 0.2) is 0 Å². The molecule has 4 nitrogen and oxygen atoms in total. The summed E-state index contributed by atoms with van der Waals surface area (Å²) in [5, 5.41) is 6.41. The van der Waals surface area contributed by atoms with Gasteiger partial charge >= 0.3 is 0 Å². The molecule has 1 atom stereocenters. The topological polar surface area (TPSA) is 44.4 Å². The number of nitrogens with zero attached hydrogens (tertiary/aromatic N) is 1. The SMILES string of the molecule is CCCC1CCCCN1CCCNC(=O)c1ccc2c(c1)CNC2. The molecule has 2 aliphatic rings. The summed E-state index contributed by atoms with van der Waals surface area (Å²) in [5.74, 6) is 0.0634. The van der Waals surface area contributed by atoms with Crippen molar-refractivity contribution in [2.45, 2.75) is 64.6 Å². The molecule has 1 aromatic carbocycles. The molecule has 1 amide bonds. The molecular weight excluding hydrogens is 298 g/mol. The van der Waals surface area contributed by atoms with Gasteiger partial charge in [-0.3, -0.25) is 4.79 Å². The van der Waals surface area contributed by atoms with Gasteiger partial charge in [0.2, 0.25) is 0 Å². The fourth-order valence-electron chi connectivity index (χ4n) is 4.04. The van der Waals surface area contributed by atoms with Gasteiger partial charge in [0.1, 0.15) is 0 Å². The van der Waals surface area contributed by atoms with E-state index in [1.807, 2.05) is 12.1 Å². The van der Waals surface area contributed by atoms with Crippen molar-refractivity contribution in [1.82, 2.24) is 15.5 Å². The Bertz CT molecular complexity index is 556. The molecule has 2 N–H and O–H groups in total. The molecule has 1 saturated heterocycles. The Morgan fingerprint density at radius 3 is 3.04 bits per heavy atom. The maximum atomic E-state index is 12.3. The van der Waals surface area contributed by atoms with E-state index in [4.69, 9.17) is 0 Å². The smallest absolute Gasteiger partial charge is 0.251 e. The van der Waals surface area contributed by atoms with Crippen LogP contribution in [-0.2, 0) is 13.1 Å². The van der Waals surface area contributed by atoms with Crippen LogP contribution in [0.3, 0.4) is 0 Å². The third-order valence-electron chi connectivity index (χ3n) is 5.38. The van der Waals surface area contributed by atoms with Crippen LogP contribution in [0, 0.1) is 0 Å².